The number of nitrogens with zero attached hydrogens (tertiary/aromatic N) is 1. The molecule has 3 aromatic rings. The molecule has 23 heavy (non-hydrogen) atoms. The average Bonchev–Trinajstić information content (AvgIpc) is 2.98. The molecule has 2 N–H and O–H groups in total. The van der Waals surface area contributed by atoms with Gasteiger partial charge in [-0.05, 0) is 49.1 Å². The lowest BCUT2D eigenvalue weighted by Gasteiger charge is -1.99. The zero-order valence-electron chi connectivity index (χ0n) is 12.5. The number of benzene rings is 2. The van der Waals surface area contributed by atoms with E-state index in [1.165, 1.54) is 5.56 Å². The molecule has 3 rings (SSSR count). The fraction of sp³-hybridized carbons (Fsp3) is 0.222. The van der Waals surface area contributed by atoms with Crippen LogP contribution in [0.15, 0.2) is 42.5 Å². The number of aryl methyl sites for hydroxylation is 1. The molecule has 0 aliphatic rings. The molecular formula is C18H17NO3S. The number of aromatic carboxylic acids is 1. The summed E-state index contributed by atoms with van der Waals surface area (Å²) in [4.78, 5) is 15.5. The molecule has 1 aromatic heterocycles. The number of carboxylic acids is 1. The highest BCUT2D eigenvalue weighted by molar-refractivity contribution is 7.21. The largest absolute Gasteiger partial charge is 0.478 e. The van der Waals surface area contributed by atoms with Crippen LogP contribution in [-0.2, 0) is 6.42 Å². The Bertz CT molecular complexity index is 824. The second kappa shape index (κ2) is 6.89. The lowest BCUT2D eigenvalue weighted by Crippen LogP contribution is -1.94. The second-order valence-corrected chi connectivity index (χ2v) is 6.41. The van der Waals surface area contributed by atoms with Crippen molar-refractivity contribution in [2.45, 2.75) is 19.3 Å². The van der Waals surface area contributed by atoms with Gasteiger partial charge in [-0.1, -0.05) is 18.2 Å². The van der Waals surface area contributed by atoms with Crippen LogP contribution in [0.25, 0.3) is 20.8 Å². The van der Waals surface area contributed by atoms with Crippen molar-refractivity contribution >= 4 is 27.5 Å². The van der Waals surface area contributed by atoms with Gasteiger partial charge in [-0.25, -0.2) is 9.78 Å². The molecule has 0 atom stereocenters. The maximum Gasteiger partial charge on any atom is 0.335 e. The summed E-state index contributed by atoms with van der Waals surface area (Å²) in [6, 6.07) is 13.0. The lowest BCUT2D eigenvalue weighted by molar-refractivity contribution is 0.0697. The highest BCUT2D eigenvalue weighted by atomic mass is 32.1. The SMILES string of the molecule is O=C(O)c1ccc(-c2nc3ccc(CCCCO)cc3s2)cc1. The van der Waals surface area contributed by atoms with Gasteiger partial charge >= 0.3 is 5.97 Å². The molecule has 0 saturated carbocycles. The number of aliphatic hydroxyl groups excluding tert-OH is 1. The maximum atomic E-state index is 10.9. The fourth-order valence-corrected chi connectivity index (χ4v) is 3.48. The van der Waals surface area contributed by atoms with Crippen LogP contribution in [0.2, 0.25) is 0 Å². The van der Waals surface area contributed by atoms with E-state index in [-0.39, 0.29) is 12.2 Å². The summed E-state index contributed by atoms with van der Waals surface area (Å²) in [5, 5.41) is 18.7. The van der Waals surface area contributed by atoms with Crippen molar-refractivity contribution in [3.05, 3.63) is 53.6 Å². The Morgan fingerprint density at radius 3 is 2.57 bits per heavy atom. The van der Waals surface area contributed by atoms with E-state index in [4.69, 9.17) is 10.2 Å². The lowest BCUT2D eigenvalue weighted by atomic mass is 10.1. The predicted octanol–water partition coefficient (Wildman–Crippen LogP) is 3.98. The number of fused-ring (bicyclic) bond motifs is 1. The van der Waals surface area contributed by atoms with Crippen LogP contribution >= 0.6 is 11.3 Å². The second-order valence-electron chi connectivity index (χ2n) is 5.38. The summed E-state index contributed by atoms with van der Waals surface area (Å²) >= 11 is 1.61. The fourth-order valence-electron chi connectivity index (χ4n) is 2.44. The van der Waals surface area contributed by atoms with Gasteiger partial charge < -0.3 is 10.2 Å². The van der Waals surface area contributed by atoms with E-state index < -0.39 is 5.97 Å². The van der Waals surface area contributed by atoms with Gasteiger partial charge in [-0.2, -0.15) is 0 Å². The van der Waals surface area contributed by atoms with Gasteiger partial charge in [-0.15, -0.1) is 11.3 Å². The first kappa shape index (κ1) is 15.6. The van der Waals surface area contributed by atoms with E-state index in [0.29, 0.717) is 0 Å². The molecule has 2 aromatic carbocycles. The van der Waals surface area contributed by atoms with Crippen molar-refractivity contribution in [3.8, 4) is 10.6 Å². The Hall–Kier alpha value is -2.24. The van der Waals surface area contributed by atoms with Crippen molar-refractivity contribution in [1.82, 2.24) is 4.98 Å². The Kier molecular flexibility index (Phi) is 4.69. The molecule has 0 saturated heterocycles. The first-order valence-corrected chi connectivity index (χ1v) is 8.33. The molecule has 0 aliphatic carbocycles. The van der Waals surface area contributed by atoms with Crippen LogP contribution in [0.5, 0.6) is 0 Å². The summed E-state index contributed by atoms with van der Waals surface area (Å²) in [6.07, 6.45) is 2.75. The first-order valence-electron chi connectivity index (χ1n) is 7.51. The van der Waals surface area contributed by atoms with Crippen molar-refractivity contribution in [2.24, 2.45) is 0 Å². The highest BCUT2D eigenvalue weighted by Gasteiger charge is 2.08. The van der Waals surface area contributed by atoms with Crippen LogP contribution in [0.1, 0.15) is 28.8 Å². The minimum absolute atomic E-state index is 0.235. The summed E-state index contributed by atoms with van der Waals surface area (Å²) in [5.74, 6) is -0.923. The average molecular weight is 327 g/mol. The van der Waals surface area contributed by atoms with Crippen molar-refractivity contribution < 1.29 is 15.0 Å². The van der Waals surface area contributed by atoms with Gasteiger partial charge in [0.2, 0.25) is 0 Å². The smallest absolute Gasteiger partial charge is 0.335 e. The third-order valence-electron chi connectivity index (χ3n) is 3.71. The molecule has 0 bridgehead atoms. The van der Waals surface area contributed by atoms with Crippen molar-refractivity contribution in [1.29, 1.82) is 0 Å². The molecule has 4 nitrogen and oxygen atoms in total. The molecule has 0 amide bonds. The highest BCUT2D eigenvalue weighted by Crippen LogP contribution is 2.31. The Morgan fingerprint density at radius 1 is 1.09 bits per heavy atom. The van der Waals surface area contributed by atoms with E-state index in [1.807, 2.05) is 6.07 Å². The topological polar surface area (TPSA) is 70.4 Å². The van der Waals surface area contributed by atoms with Gasteiger partial charge in [0.15, 0.2) is 0 Å². The van der Waals surface area contributed by atoms with Gasteiger partial charge in [0.1, 0.15) is 5.01 Å². The van der Waals surface area contributed by atoms with Gasteiger partial charge in [0.05, 0.1) is 15.8 Å². The van der Waals surface area contributed by atoms with E-state index in [2.05, 4.69) is 17.1 Å². The molecule has 0 fully saturated rings. The quantitative estimate of drug-likeness (QED) is 0.672. The molecule has 1 heterocycles. The maximum absolute atomic E-state index is 10.9. The Morgan fingerprint density at radius 2 is 1.87 bits per heavy atom. The van der Waals surface area contributed by atoms with Crippen LogP contribution in [-0.4, -0.2) is 27.8 Å². The van der Waals surface area contributed by atoms with Crippen molar-refractivity contribution in [3.63, 3.8) is 0 Å². The summed E-state index contributed by atoms with van der Waals surface area (Å²) in [6.45, 7) is 0.235. The zero-order chi connectivity index (χ0) is 16.2. The molecule has 5 heteroatoms. The number of hydrogen-bond acceptors (Lipinski definition) is 4. The number of hydrogen-bond donors (Lipinski definition) is 2. The number of unbranched alkanes of at least 4 members (excludes halogenated alkanes) is 1. The minimum Gasteiger partial charge on any atom is -0.478 e. The zero-order valence-corrected chi connectivity index (χ0v) is 13.3. The monoisotopic (exact) mass is 327 g/mol. The molecule has 0 spiro atoms. The summed E-state index contributed by atoms with van der Waals surface area (Å²) in [7, 11) is 0. The minimum atomic E-state index is -0.923. The van der Waals surface area contributed by atoms with E-state index >= 15 is 0 Å². The van der Waals surface area contributed by atoms with Crippen molar-refractivity contribution in [2.75, 3.05) is 6.61 Å². The summed E-state index contributed by atoms with van der Waals surface area (Å²) < 4.78 is 1.13. The standard InChI is InChI=1S/C18H17NO3S/c20-10-2-1-3-12-4-9-15-16(11-12)23-17(19-15)13-5-7-14(8-6-13)18(21)22/h4-9,11,20H,1-3,10H2,(H,21,22). The van der Waals surface area contributed by atoms with Crippen LogP contribution in [0, 0.1) is 0 Å². The van der Waals surface area contributed by atoms with Gasteiger partial charge in [0, 0.05) is 12.2 Å². The Labute approximate surface area is 138 Å². The van der Waals surface area contributed by atoms with E-state index in [9.17, 15) is 4.79 Å². The van der Waals surface area contributed by atoms with E-state index in [0.717, 1.165) is 40.1 Å². The van der Waals surface area contributed by atoms with Gasteiger partial charge in [-0.3, -0.25) is 0 Å². The number of thiazole rings is 1. The number of rotatable bonds is 6. The third kappa shape index (κ3) is 3.57. The third-order valence-corrected chi connectivity index (χ3v) is 4.77. The number of aliphatic hydroxyl groups is 1. The Balaban J connectivity index is 1.85. The van der Waals surface area contributed by atoms with Gasteiger partial charge in [0.25, 0.3) is 0 Å². The number of aromatic nitrogens is 1. The van der Waals surface area contributed by atoms with E-state index in [1.54, 1.807) is 35.6 Å². The molecule has 0 unspecified atom stereocenters. The van der Waals surface area contributed by atoms with Crippen LogP contribution in [0.3, 0.4) is 0 Å². The van der Waals surface area contributed by atoms with Crippen LogP contribution in [0.4, 0.5) is 0 Å². The predicted molar refractivity (Wildman–Crippen MR) is 92.0 cm³/mol. The molecule has 0 aliphatic heterocycles. The molecule has 0 radical (unpaired) electrons. The first-order chi connectivity index (χ1) is 11.2. The number of carboxylic acid groups (broad SMARTS) is 1. The van der Waals surface area contributed by atoms with Crippen LogP contribution < -0.4 is 0 Å². The summed E-state index contributed by atoms with van der Waals surface area (Å²) in [5.41, 5.74) is 3.42. The molecular weight excluding hydrogens is 310 g/mol. The molecule has 118 valence electrons. The normalized spacial score (nSPS) is 11.0. The number of carbonyl (C=O) groups is 1.